The molecule has 0 radical (unpaired) electrons. The molecule has 0 aliphatic rings. The fourth-order valence-corrected chi connectivity index (χ4v) is 1.18. The summed E-state index contributed by atoms with van der Waals surface area (Å²) in [5.74, 6) is 0.459. The first kappa shape index (κ1) is 13.6. The maximum absolute atomic E-state index is 11.7. The highest BCUT2D eigenvalue weighted by molar-refractivity contribution is 5.57. The minimum atomic E-state index is -4.30. The van der Waals surface area contributed by atoms with E-state index in [2.05, 4.69) is 4.74 Å². The molecule has 0 fully saturated rings. The van der Waals surface area contributed by atoms with E-state index in [9.17, 15) is 13.2 Å². The van der Waals surface area contributed by atoms with E-state index in [0.29, 0.717) is 11.4 Å². The summed E-state index contributed by atoms with van der Waals surface area (Å²) >= 11 is 0. The van der Waals surface area contributed by atoms with Crippen molar-refractivity contribution in [2.24, 2.45) is 0 Å². The van der Waals surface area contributed by atoms with Crippen molar-refractivity contribution in [3.05, 3.63) is 23.8 Å². The average molecular weight is 249 g/mol. The lowest BCUT2D eigenvalue weighted by Crippen LogP contribution is -2.19. The lowest BCUT2D eigenvalue weighted by Gasteiger charge is -2.11. The quantitative estimate of drug-likeness (QED) is 0.644. The molecular formula is C11H14F3NO2. The van der Waals surface area contributed by atoms with Crippen LogP contribution in [-0.2, 0) is 4.74 Å². The lowest BCUT2D eigenvalue weighted by molar-refractivity contribution is -0.175. The van der Waals surface area contributed by atoms with Gasteiger partial charge in [0.2, 0.25) is 0 Å². The van der Waals surface area contributed by atoms with Crippen LogP contribution in [-0.4, -0.2) is 26.0 Å². The van der Waals surface area contributed by atoms with Crippen molar-refractivity contribution in [2.45, 2.75) is 13.1 Å². The molecule has 0 bridgehead atoms. The van der Waals surface area contributed by atoms with E-state index in [1.807, 2.05) is 13.0 Å². The first-order chi connectivity index (χ1) is 7.90. The van der Waals surface area contributed by atoms with E-state index < -0.39 is 12.8 Å². The van der Waals surface area contributed by atoms with Crippen LogP contribution in [0.3, 0.4) is 0 Å². The van der Waals surface area contributed by atoms with Gasteiger partial charge in [0.05, 0.1) is 12.3 Å². The number of nitrogen functional groups attached to an aromatic ring is 1. The molecule has 0 amide bonds. The number of hydrogen-bond acceptors (Lipinski definition) is 3. The summed E-state index contributed by atoms with van der Waals surface area (Å²) in [6.07, 6.45) is -4.30. The lowest BCUT2D eigenvalue weighted by atomic mass is 10.2. The molecule has 0 spiro atoms. The highest BCUT2D eigenvalue weighted by Gasteiger charge is 2.27. The molecule has 0 saturated carbocycles. The number of benzene rings is 1. The van der Waals surface area contributed by atoms with Gasteiger partial charge in [0.15, 0.2) is 0 Å². The zero-order valence-electron chi connectivity index (χ0n) is 9.38. The predicted octanol–water partition coefficient (Wildman–Crippen LogP) is 2.53. The van der Waals surface area contributed by atoms with Gasteiger partial charge in [0.25, 0.3) is 0 Å². The molecule has 1 aromatic rings. The fourth-order valence-electron chi connectivity index (χ4n) is 1.18. The fraction of sp³-hybridized carbons (Fsp3) is 0.455. The molecule has 17 heavy (non-hydrogen) atoms. The Kier molecular flexibility index (Phi) is 4.62. The van der Waals surface area contributed by atoms with Gasteiger partial charge >= 0.3 is 6.18 Å². The maximum atomic E-state index is 11.7. The summed E-state index contributed by atoms with van der Waals surface area (Å²) < 4.78 is 44.8. The average Bonchev–Trinajstić information content (AvgIpc) is 2.22. The van der Waals surface area contributed by atoms with Crippen molar-refractivity contribution >= 4 is 5.69 Å². The number of hydrogen-bond donors (Lipinski definition) is 1. The van der Waals surface area contributed by atoms with Crippen LogP contribution in [0.15, 0.2) is 18.2 Å². The molecule has 0 atom stereocenters. The first-order valence-electron chi connectivity index (χ1n) is 5.02. The molecule has 0 aliphatic carbocycles. The summed E-state index contributed by atoms with van der Waals surface area (Å²) in [6.45, 7) is 0.457. The second kappa shape index (κ2) is 5.77. The van der Waals surface area contributed by atoms with Crippen molar-refractivity contribution in [3.63, 3.8) is 0 Å². The number of alkyl halides is 3. The van der Waals surface area contributed by atoms with Crippen LogP contribution in [0.25, 0.3) is 0 Å². The van der Waals surface area contributed by atoms with Gasteiger partial charge in [-0.25, -0.2) is 0 Å². The Morgan fingerprint density at radius 2 is 1.94 bits per heavy atom. The molecule has 3 nitrogen and oxygen atoms in total. The van der Waals surface area contributed by atoms with Crippen LogP contribution in [0, 0.1) is 6.92 Å². The Hall–Kier alpha value is -1.43. The van der Waals surface area contributed by atoms with Crippen LogP contribution in [0.1, 0.15) is 5.56 Å². The van der Waals surface area contributed by atoms with Crippen molar-refractivity contribution in [2.75, 3.05) is 25.6 Å². The van der Waals surface area contributed by atoms with E-state index in [-0.39, 0.29) is 13.2 Å². The standard InChI is InChI=1S/C11H14F3NO2/c1-8-3-2-4-9(10(8)15)17-6-5-16-7-11(12,13)14/h2-4H,5-7,15H2,1H3. The van der Waals surface area contributed by atoms with E-state index in [0.717, 1.165) is 5.56 Å². The Balaban J connectivity index is 2.29. The zero-order valence-corrected chi connectivity index (χ0v) is 9.38. The molecule has 0 aromatic heterocycles. The number of anilines is 1. The van der Waals surface area contributed by atoms with E-state index in [1.54, 1.807) is 12.1 Å². The van der Waals surface area contributed by atoms with Gasteiger partial charge in [0, 0.05) is 0 Å². The van der Waals surface area contributed by atoms with Gasteiger partial charge in [0.1, 0.15) is 19.0 Å². The summed E-state index contributed by atoms with van der Waals surface area (Å²) in [5.41, 5.74) is 7.07. The number of ether oxygens (including phenoxy) is 2. The van der Waals surface area contributed by atoms with Gasteiger partial charge in [-0.1, -0.05) is 12.1 Å². The molecule has 0 heterocycles. The molecule has 2 N–H and O–H groups in total. The monoisotopic (exact) mass is 249 g/mol. The third-order valence-electron chi connectivity index (χ3n) is 2.04. The number of rotatable bonds is 5. The van der Waals surface area contributed by atoms with Gasteiger partial charge in [-0.3, -0.25) is 0 Å². The molecule has 6 heteroatoms. The first-order valence-corrected chi connectivity index (χ1v) is 5.02. The molecule has 0 saturated heterocycles. The highest BCUT2D eigenvalue weighted by atomic mass is 19.4. The Bertz CT molecular complexity index is 366. The largest absolute Gasteiger partial charge is 0.489 e. The van der Waals surface area contributed by atoms with Crippen LogP contribution in [0.2, 0.25) is 0 Å². The van der Waals surface area contributed by atoms with E-state index in [4.69, 9.17) is 10.5 Å². The van der Waals surface area contributed by atoms with Gasteiger partial charge in [-0.05, 0) is 18.6 Å². The van der Waals surface area contributed by atoms with Crippen LogP contribution < -0.4 is 10.5 Å². The van der Waals surface area contributed by atoms with Gasteiger partial charge < -0.3 is 15.2 Å². The van der Waals surface area contributed by atoms with E-state index >= 15 is 0 Å². The Morgan fingerprint density at radius 1 is 1.24 bits per heavy atom. The SMILES string of the molecule is Cc1cccc(OCCOCC(F)(F)F)c1N. The third-order valence-corrected chi connectivity index (χ3v) is 2.04. The highest BCUT2D eigenvalue weighted by Crippen LogP contribution is 2.24. The van der Waals surface area contributed by atoms with Crippen molar-refractivity contribution in [1.29, 1.82) is 0 Å². The van der Waals surface area contributed by atoms with Crippen molar-refractivity contribution in [3.8, 4) is 5.75 Å². The Morgan fingerprint density at radius 3 is 2.59 bits per heavy atom. The second-order valence-corrected chi connectivity index (χ2v) is 3.50. The zero-order chi connectivity index (χ0) is 12.9. The van der Waals surface area contributed by atoms with Crippen molar-refractivity contribution in [1.82, 2.24) is 0 Å². The normalized spacial score (nSPS) is 11.5. The third kappa shape index (κ3) is 4.95. The Labute approximate surface area is 97.3 Å². The van der Waals surface area contributed by atoms with Crippen LogP contribution in [0.4, 0.5) is 18.9 Å². The number of para-hydroxylation sites is 1. The predicted molar refractivity (Wildman–Crippen MR) is 58.0 cm³/mol. The maximum Gasteiger partial charge on any atom is 0.411 e. The summed E-state index contributed by atoms with van der Waals surface area (Å²) in [7, 11) is 0. The van der Waals surface area contributed by atoms with Gasteiger partial charge in [-0.15, -0.1) is 0 Å². The van der Waals surface area contributed by atoms with Crippen molar-refractivity contribution < 1.29 is 22.6 Å². The minimum Gasteiger partial charge on any atom is -0.489 e. The number of aryl methyl sites for hydroxylation is 1. The molecule has 0 aliphatic heterocycles. The summed E-state index contributed by atoms with van der Waals surface area (Å²) in [5, 5.41) is 0. The molecule has 0 unspecified atom stereocenters. The number of nitrogens with two attached hydrogens (primary N) is 1. The second-order valence-electron chi connectivity index (χ2n) is 3.50. The smallest absolute Gasteiger partial charge is 0.411 e. The topological polar surface area (TPSA) is 44.5 Å². The van der Waals surface area contributed by atoms with E-state index in [1.165, 1.54) is 0 Å². The minimum absolute atomic E-state index is 0.0315. The molecule has 96 valence electrons. The summed E-state index contributed by atoms with van der Waals surface area (Å²) in [4.78, 5) is 0. The van der Waals surface area contributed by atoms with Crippen LogP contribution >= 0.6 is 0 Å². The number of halogens is 3. The summed E-state index contributed by atoms with van der Waals surface area (Å²) in [6, 6.07) is 5.24. The molecular weight excluding hydrogens is 235 g/mol. The molecule has 1 rings (SSSR count). The van der Waals surface area contributed by atoms with Crippen LogP contribution in [0.5, 0.6) is 5.75 Å². The molecule has 1 aromatic carbocycles. The van der Waals surface area contributed by atoms with Gasteiger partial charge in [-0.2, -0.15) is 13.2 Å².